The number of carboxylic acid groups (broad SMARTS) is 1. The second-order valence-corrected chi connectivity index (χ2v) is 4.65. The summed E-state index contributed by atoms with van der Waals surface area (Å²) in [5.41, 5.74) is 0.872. The number of benzene rings is 1. The molecule has 0 spiro atoms. The van der Waals surface area contributed by atoms with Gasteiger partial charge in [0.25, 0.3) is 0 Å². The van der Waals surface area contributed by atoms with Crippen molar-refractivity contribution < 1.29 is 19.4 Å². The molecule has 0 saturated carbocycles. The Morgan fingerprint density at radius 1 is 1.33 bits per heavy atom. The third-order valence-electron chi connectivity index (χ3n) is 3.05. The maximum absolute atomic E-state index is 11.7. The van der Waals surface area contributed by atoms with E-state index in [1.54, 1.807) is 7.11 Å². The van der Waals surface area contributed by atoms with E-state index in [0.29, 0.717) is 18.7 Å². The number of methoxy groups -OCH3 is 1. The Morgan fingerprint density at radius 2 is 2.05 bits per heavy atom. The molecule has 21 heavy (non-hydrogen) atoms. The molecule has 116 valence electrons. The SMILES string of the molecule is CCCC(NCC(=O)NCc1ccccc1OC)C(=O)O. The zero-order valence-corrected chi connectivity index (χ0v) is 12.4. The fourth-order valence-corrected chi connectivity index (χ4v) is 1.92. The minimum Gasteiger partial charge on any atom is -0.496 e. The van der Waals surface area contributed by atoms with Crippen molar-refractivity contribution in [3.05, 3.63) is 29.8 Å². The molecule has 1 unspecified atom stereocenters. The average Bonchev–Trinajstić information content (AvgIpc) is 2.49. The first-order valence-corrected chi connectivity index (χ1v) is 6.93. The van der Waals surface area contributed by atoms with Gasteiger partial charge in [-0.15, -0.1) is 0 Å². The molecule has 0 radical (unpaired) electrons. The van der Waals surface area contributed by atoms with E-state index in [4.69, 9.17) is 9.84 Å². The molecule has 1 aromatic carbocycles. The van der Waals surface area contributed by atoms with E-state index in [1.165, 1.54) is 0 Å². The molecule has 1 atom stereocenters. The number of rotatable bonds is 9. The van der Waals surface area contributed by atoms with Crippen LogP contribution in [0.3, 0.4) is 0 Å². The van der Waals surface area contributed by atoms with Gasteiger partial charge >= 0.3 is 5.97 Å². The Bertz CT molecular complexity index is 476. The first-order chi connectivity index (χ1) is 10.1. The second-order valence-electron chi connectivity index (χ2n) is 4.65. The Morgan fingerprint density at radius 3 is 2.67 bits per heavy atom. The summed E-state index contributed by atoms with van der Waals surface area (Å²) in [6, 6.07) is 6.72. The summed E-state index contributed by atoms with van der Waals surface area (Å²) in [6.45, 7) is 2.22. The zero-order valence-electron chi connectivity index (χ0n) is 12.4. The fraction of sp³-hybridized carbons (Fsp3) is 0.467. The molecule has 1 amide bonds. The van der Waals surface area contributed by atoms with Gasteiger partial charge in [0.2, 0.25) is 5.91 Å². The van der Waals surface area contributed by atoms with Crippen molar-refractivity contribution in [2.75, 3.05) is 13.7 Å². The van der Waals surface area contributed by atoms with Gasteiger partial charge < -0.3 is 15.2 Å². The predicted molar refractivity (Wildman–Crippen MR) is 79.2 cm³/mol. The predicted octanol–water partition coefficient (Wildman–Crippen LogP) is 1.15. The molecule has 1 rings (SSSR count). The maximum atomic E-state index is 11.7. The van der Waals surface area contributed by atoms with Crippen LogP contribution >= 0.6 is 0 Å². The van der Waals surface area contributed by atoms with Crippen LogP contribution in [0.2, 0.25) is 0 Å². The normalized spacial score (nSPS) is 11.7. The van der Waals surface area contributed by atoms with Crippen LogP contribution in [0, 0.1) is 0 Å². The topological polar surface area (TPSA) is 87.7 Å². The monoisotopic (exact) mass is 294 g/mol. The summed E-state index contributed by atoms with van der Waals surface area (Å²) in [4.78, 5) is 22.7. The van der Waals surface area contributed by atoms with Crippen molar-refractivity contribution in [2.24, 2.45) is 0 Å². The van der Waals surface area contributed by atoms with Gasteiger partial charge in [0.15, 0.2) is 0 Å². The first kappa shape index (κ1) is 17.0. The average molecular weight is 294 g/mol. The molecule has 0 aromatic heterocycles. The van der Waals surface area contributed by atoms with E-state index in [2.05, 4.69) is 10.6 Å². The van der Waals surface area contributed by atoms with Gasteiger partial charge in [0.05, 0.1) is 13.7 Å². The van der Waals surface area contributed by atoms with Crippen LogP contribution in [-0.2, 0) is 16.1 Å². The number of hydrogen-bond donors (Lipinski definition) is 3. The van der Waals surface area contributed by atoms with Crippen LogP contribution in [0.4, 0.5) is 0 Å². The number of ether oxygens (including phenoxy) is 1. The van der Waals surface area contributed by atoms with Crippen LogP contribution in [0.15, 0.2) is 24.3 Å². The molecular formula is C15H22N2O4. The maximum Gasteiger partial charge on any atom is 0.320 e. The lowest BCUT2D eigenvalue weighted by Gasteiger charge is -2.14. The molecular weight excluding hydrogens is 272 g/mol. The molecule has 1 aromatic rings. The summed E-state index contributed by atoms with van der Waals surface area (Å²) in [5, 5.41) is 14.5. The number of hydrogen-bond acceptors (Lipinski definition) is 4. The van der Waals surface area contributed by atoms with Crippen LogP contribution in [0.25, 0.3) is 0 Å². The largest absolute Gasteiger partial charge is 0.496 e. The third kappa shape index (κ3) is 5.83. The third-order valence-corrected chi connectivity index (χ3v) is 3.05. The van der Waals surface area contributed by atoms with E-state index >= 15 is 0 Å². The van der Waals surface area contributed by atoms with Crippen molar-refractivity contribution in [3.63, 3.8) is 0 Å². The Balaban J connectivity index is 2.42. The molecule has 6 heteroatoms. The van der Waals surface area contributed by atoms with Crippen molar-refractivity contribution in [2.45, 2.75) is 32.4 Å². The van der Waals surface area contributed by atoms with Crippen molar-refractivity contribution in [1.82, 2.24) is 10.6 Å². The minimum atomic E-state index is -0.936. The number of carbonyl (C=O) groups is 2. The molecule has 6 nitrogen and oxygen atoms in total. The van der Waals surface area contributed by atoms with Gasteiger partial charge in [-0.1, -0.05) is 31.5 Å². The summed E-state index contributed by atoms with van der Waals surface area (Å²) in [5.74, 6) is -0.474. The number of nitrogens with one attached hydrogen (secondary N) is 2. The Labute approximate surface area is 124 Å². The van der Waals surface area contributed by atoms with E-state index in [1.807, 2.05) is 31.2 Å². The highest BCUT2D eigenvalue weighted by Crippen LogP contribution is 2.16. The highest BCUT2D eigenvalue weighted by atomic mass is 16.5. The smallest absolute Gasteiger partial charge is 0.320 e. The van der Waals surface area contributed by atoms with Gasteiger partial charge in [0, 0.05) is 12.1 Å². The quantitative estimate of drug-likeness (QED) is 0.636. The van der Waals surface area contributed by atoms with Gasteiger partial charge in [0.1, 0.15) is 11.8 Å². The molecule has 0 bridgehead atoms. The minimum absolute atomic E-state index is 0.0217. The van der Waals surface area contributed by atoms with Crippen molar-refractivity contribution in [1.29, 1.82) is 0 Å². The van der Waals surface area contributed by atoms with Crippen LogP contribution in [0.5, 0.6) is 5.75 Å². The Hall–Kier alpha value is -2.08. The molecule has 0 fully saturated rings. The number of para-hydroxylation sites is 1. The van der Waals surface area contributed by atoms with E-state index in [9.17, 15) is 9.59 Å². The van der Waals surface area contributed by atoms with E-state index in [0.717, 1.165) is 12.0 Å². The van der Waals surface area contributed by atoms with Gasteiger partial charge in [-0.05, 0) is 12.5 Å². The Kier molecular flexibility index (Phi) is 7.25. The lowest BCUT2D eigenvalue weighted by Crippen LogP contribution is -2.42. The summed E-state index contributed by atoms with van der Waals surface area (Å²) in [6.07, 6.45) is 1.24. The van der Waals surface area contributed by atoms with Crippen LogP contribution in [0.1, 0.15) is 25.3 Å². The van der Waals surface area contributed by atoms with Crippen LogP contribution < -0.4 is 15.4 Å². The highest BCUT2D eigenvalue weighted by molar-refractivity contribution is 5.79. The summed E-state index contributed by atoms with van der Waals surface area (Å²) < 4.78 is 5.19. The standard InChI is InChI=1S/C15H22N2O4/c1-3-6-12(15(19)20)16-10-14(18)17-9-11-7-4-5-8-13(11)21-2/h4-5,7-8,12,16H,3,6,9-10H2,1-2H3,(H,17,18)(H,19,20). The fourth-order valence-electron chi connectivity index (χ4n) is 1.92. The van der Waals surface area contributed by atoms with Gasteiger partial charge in [-0.2, -0.15) is 0 Å². The van der Waals surface area contributed by atoms with Crippen LogP contribution in [-0.4, -0.2) is 36.7 Å². The van der Waals surface area contributed by atoms with E-state index in [-0.39, 0.29) is 12.5 Å². The van der Waals surface area contributed by atoms with E-state index < -0.39 is 12.0 Å². The zero-order chi connectivity index (χ0) is 15.7. The molecule has 0 saturated heterocycles. The number of carboxylic acids is 1. The number of amides is 1. The van der Waals surface area contributed by atoms with Crippen molar-refractivity contribution >= 4 is 11.9 Å². The molecule has 0 aliphatic heterocycles. The number of carbonyl (C=O) groups excluding carboxylic acids is 1. The molecule has 3 N–H and O–H groups in total. The second kappa shape index (κ2) is 8.97. The van der Waals surface area contributed by atoms with Crippen molar-refractivity contribution in [3.8, 4) is 5.75 Å². The summed E-state index contributed by atoms with van der Waals surface area (Å²) in [7, 11) is 1.57. The highest BCUT2D eigenvalue weighted by Gasteiger charge is 2.16. The lowest BCUT2D eigenvalue weighted by molar-refractivity contribution is -0.139. The molecule has 0 aliphatic carbocycles. The molecule has 0 heterocycles. The molecule has 0 aliphatic rings. The van der Waals surface area contributed by atoms with Gasteiger partial charge in [-0.3, -0.25) is 14.9 Å². The number of aliphatic carboxylic acids is 1. The van der Waals surface area contributed by atoms with Gasteiger partial charge in [-0.25, -0.2) is 0 Å². The summed E-state index contributed by atoms with van der Waals surface area (Å²) >= 11 is 0. The lowest BCUT2D eigenvalue weighted by atomic mass is 10.1. The first-order valence-electron chi connectivity index (χ1n) is 6.93.